The van der Waals surface area contributed by atoms with E-state index in [4.69, 9.17) is 9.47 Å². The summed E-state index contributed by atoms with van der Waals surface area (Å²) in [6.45, 7) is 8.86. The highest BCUT2D eigenvalue weighted by molar-refractivity contribution is 7.02. The summed E-state index contributed by atoms with van der Waals surface area (Å²) in [6.07, 6.45) is 3.82. The summed E-state index contributed by atoms with van der Waals surface area (Å²) in [5.74, 6) is 3.67. The zero-order valence-corrected chi connectivity index (χ0v) is 38.7. The molecule has 2 aromatic heterocycles. The van der Waals surface area contributed by atoms with Crippen molar-refractivity contribution in [1.29, 1.82) is 0 Å². The lowest BCUT2D eigenvalue weighted by Crippen LogP contribution is -2.63. The Kier molecular flexibility index (Phi) is 7.87. The Hall–Kier alpha value is -7.69. The third-order valence-electron chi connectivity index (χ3n) is 16.0. The van der Waals surface area contributed by atoms with E-state index in [0.717, 1.165) is 60.1 Å². The van der Waals surface area contributed by atoms with E-state index >= 15 is 0 Å². The molecular formula is C62H46B2N2O2. The van der Waals surface area contributed by atoms with Gasteiger partial charge in [0.05, 0.1) is 22.4 Å². The molecule has 0 saturated carbocycles. The first-order valence-electron chi connectivity index (χ1n) is 24.7. The Morgan fingerprint density at radius 3 is 1.19 bits per heavy atom. The first-order chi connectivity index (χ1) is 33.5. The Morgan fingerprint density at radius 1 is 0.368 bits per heavy atom. The standard InChI is InChI=1S/C62H46B2N2O2/c1-5-35-19-23-51-43(27-35)45-29-37(7-3)31-49-57(45)65(51)59-55-62(68-53-25-21-41(33-47(53)63(49)55)39-15-11-9-12-16-39)60-56-61(59)67-54-26-22-42(40-17-13-10-14-18-40)34-48(54)64(56)50-32-38(8-4)30-46-44-28-36(6-2)20-24-52(44)66(60)58(46)50/h9-34H,5-8H2,1-4H3. The molecule has 0 unspecified atom stereocenters. The second kappa shape index (κ2) is 13.9. The quantitative estimate of drug-likeness (QED) is 0.156. The molecule has 15 rings (SSSR count). The van der Waals surface area contributed by atoms with Crippen molar-refractivity contribution in [2.75, 3.05) is 0 Å². The number of nitrogens with zero attached hydrogens (tertiary/aromatic N) is 2. The average Bonchev–Trinajstić information content (AvgIpc) is 3.90. The van der Waals surface area contributed by atoms with Crippen LogP contribution in [0.15, 0.2) is 158 Å². The molecule has 0 bridgehead atoms. The molecule has 0 radical (unpaired) electrons. The number of fused-ring (bicyclic) bond motifs is 16. The molecule has 0 aliphatic carbocycles. The molecule has 0 N–H and O–H groups in total. The summed E-state index contributed by atoms with van der Waals surface area (Å²) >= 11 is 0. The normalized spacial score (nSPS) is 13.4. The second-order valence-electron chi connectivity index (χ2n) is 19.4. The molecule has 68 heavy (non-hydrogen) atoms. The SMILES string of the molecule is CCc1ccc2c(c1)c1cc(CC)cc3c1n2-c1c2c4c(c5c1B3c1cc(-c3ccccc3)ccc1O5)-n1c3ccc(CC)cc3c3cc(CC)cc(c31)B4c1cc(-c3ccccc3)ccc1O2. The molecular weight excluding hydrogens is 826 g/mol. The van der Waals surface area contributed by atoms with Crippen LogP contribution in [0.4, 0.5) is 0 Å². The fourth-order valence-corrected chi connectivity index (χ4v) is 12.8. The molecule has 0 saturated heterocycles. The monoisotopic (exact) mass is 872 g/mol. The highest BCUT2D eigenvalue weighted by Crippen LogP contribution is 2.49. The van der Waals surface area contributed by atoms with E-state index in [1.54, 1.807) is 0 Å². The zero-order valence-electron chi connectivity index (χ0n) is 38.7. The zero-order chi connectivity index (χ0) is 45.1. The molecule has 4 aliphatic heterocycles. The molecule has 0 amide bonds. The van der Waals surface area contributed by atoms with Crippen molar-refractivity contribution in [3.63, 3.8) is 0 Å². The number of rotatable bonds is 6. The van der Waals surface area contributed by atoms with Gasteiger partial charge in [0.2, 0.25) is 0 Å². The number of ether oxygens (including phenoxy) is 2. The summed E-state index contributed by atoms with van der Waals surface area (Å²) in [4.78, 5) is 0. The lowest BCUT2D eigenvalue weighted by molar-refractivity contribution is 0.472. The van der Waals surface area contributed by atoms with Crippen LogP contribution in [0.25, 0.3) is 77.2 Å². The van der Waals surface area contributed by atoms with Crippen molar-refractivity contribution >= 4 is 89.8 Å². The van der Waals surface area contributed by atoms with Crippen molar-refractivity contribution in [2.24, 2.45) is 0 Å². The summed E-state index contributed by atoms with van der Waals surface area (Å²) < 4.78 is 20.6. The molecule has 6 heterocycles. The summed E-state index contributed by atoms with van der Waals surface area (Å²) in [7, 11) is 0. The van der Waals surface area contributed by atoms with E-state index in [0.29, 0.717) is 0 Å². The van der Waals surface area contributed by atoms with Gasteiger partial charge in [-0.15, -0.1) is 0 Å². The number of hydrogen-bond acceptors (Lipinski definition) is 2. The Labute approximate surface area is 396 Å². The number of aryl methyl sites for hydroxylation is 4. The van der Waals surface area contributed by atoms with Gasteiger partial charge >= 0.3 is 0 Å². The van der Waals surface area contributed by atoms with Gasteiger partial charge in [-0.1, -0.05) is 137 Å². The number of hydrogen-bond donors (Lipinski definition) is 0. The van der Waals surface area contributed by atoms with Gasteiger partial charge in [-0.2, -0.15) is 0 Å². The van der Waals surface area contributed by atoms with E-state index in [1.165, 1.54) is 121 Å². The van der Waals surface area contributed by atoms with E-state index < -0.39 is 0 Å². The first-order valence-corrected chi connectivity index (χ1v) is 24.7. The minimum Gasteiger partial charge on any atom is -0.456 e. The minimum absolute atomic E-state index is 0.123. The van der Waals surface area contributed by atoms with Crippen LogP contribution < -0.4 is 42.3 Å². The molecule has 0 spiro atoms. The molecule has 322 valence electrons. The molecule has 4 aliphatic rings. The summed E-state index contributed by atoms with van der Waals surface area (Å²) in [5.41, 5.74) is 24.6. The average molecular weight is 873 g/mol. The van der Waals surface area contributed by atoms with Crippen LogP contribution in [-0.2, 0) is 25.7 Å². The molecule has 6 heteroatoms. The fraction of sp³-hybridized carbons (Fsp3) is 0.129. The Bertz CT molecular complexity index is 3770. The fourth-order valence-electron chi connectivity index (χ4n) is 12.8. The maximum absolute atomic E-state index is 7.72. The van der Waals surface area contributed by atoms with Gasteiger partial charge in [0.25, 0.3) is 13.4 Å². The third kappa shape index (κ3) is 4.97. The van der Waals surface area contributed by atoms with Crippen LogP contribution in [0.2, 0.25) is 0 Å². The Morgan fingerprint density at radius 2 is 0.779 bits per heavy atom. The predicted molar refractivity (Wildman–Crippen MR) is 286 cm³/mol. The smallest absolute Gasteiger partial charge is 0.256 e. The van der Waals surface area contributed by atoms with Gasteiger partial charge in [-0.25, -0.2) is 0 Å². The van der Waals surface area contributed by atoms with Gasteiger partial charge in [0.15, 0.2) is 0 Å². The summed E-state index contributed by atoms with van der Waals surface area (Å²) in [5, 5.41) is 5.18. The van der Waals surface area contributed by atoms with Gasteiger partial charge in [-0.3, -0.25) is 0 Å². The van der Waals surface area contributed by atoms with Crippen molar-refractivity contribution in [3.05, 3.63) is 180 Å². The lowest BCUT2D eigenvalue weighted by Gasteiger charge is -2.41. The van der Waals surface area contributed by atoms with Crippen molar-refractivity contribution < 1.29 is 9.47 Å². The second-order valence-corrected chi connectivity index (χ2v) is 19.4. The van der Waals surface area contributed by atoms with E-state index in [9.17, 15) is 0 Å². The van der Waals surface area contributed by atoms with E-state index in [1.807, 2.05) is 0 Å². The lowest BCUT2D eigenvalue weighted by atomic mass is 9.31. The predicted octanol–water partition coefficient (Wildman–Crippen LogP) is 11.3. The van der Waals surface area contributed by atoms with Crippen molar-refractivity contribution in [1.82, 2.24) is 9.13 Å². The van der Waals surface area contributed by atoms with Gasteiger partial charge < -0.3 is 18.6 Å². The minimum atomic E-state index is -0.123. The van der Waals surface area contributed by atoms with Crippen LogP contribution in [0, 0.1) is 0 Å². The molecule has 0 fully saturated rings. The molecule has 4 nitrogen and oxygen atoms in total. The molecule has 0 atom stereocenters. The van der Waals surface area contributed by atoms with Crippen LogP contribution in [0.1, 0.15) is 49.9 Å². The maximum Gasteiger partial charge on any atom is 0.256 e. The van der Waals surface area contributed by atoms with Crippen LogP contribution in [0.3, 0.4) is 0 Å². The van der Waals surface area contributed by atoms with Crippen LogP contribution >= 0.6 is 0 Å². The van der Waals surface area contributed by atoms with Gasteiger partial charge in [-0.05, 0) is 141 Å². The van der Waals surface area contributed by atoms with Gasteiger partial charge in [0, 0.05) is 43.5 Å². The Balaban J connectivity index is 1.15. The van der Waals surface area contributed by atoms with Crippen LogP contribution in [0.5, 0.6) is 23.0 Å². The largest absolute Gasteiger partial charge is 0.456 e. The molecule has 11 aromatic rings. The number of aromatic nitrogens is 2. The van der Waals surface area contributed by atoms with Gasteiger partial charge in [0.1, 0.15) is 23.0 Å². The summed E-state index contributed by atoms with van der Waals surface area (Å²) in [6, 6.07) is 59.6. The van der Waals surface area contributed by atoms with Crippen LogP contribution in [-0.4, -0.2) is 22.6 Å². The highest BCUT2D eigenvalue weighted by Gasteiger charge is 2.50. The van der Waals surface area contributed by atoms with E-state index in [2.05, 4.69) is 195 Å². The molecule has 9 aromatic carbocycles. The first kappa shape index (κ1) is 38.4. The van der Waals surface area contributed by atoms with Crippen molar-refractivity contribution in [3.8, 4) is 56.6 Å². The highest BCUT2D eigenvalue weighted by atomic mass is 16.5. The maximum atomic E-state index is 7.72. The number of benzene rings is 9. The third-order valence-corrected chi connectivity index (χ3v) is 16.0. The topological polar surface area (TPSA) is 28.3 Å². The van der Waals surface area contributed by atoms with E-state index in [-0.39, 0.29) is 13.4 Å². The van der Waals surface area contributed by atoms with Crippen molar-refractivity contribution in [2.45, 2.75) is 53.4 Å².